The van der Waals surface area contributed by atoms with Gasteiger partial charge in [-0.25, -0.2) is 9.50 Å². The first-order chi connectivity index (χ1) is 6.81. The Kier molecular flexibility index (Phi) is 2.69. The molecule has 0 saturated carbocycles. The van der Waals surface area contributed by atoms with Crippen LogP contribution in [0.2, 0.25) is 0 Å². The summed E-state index contributed by atoms with van der Waals surface area (Å²) in [6.07, 6.45) is 5.26. The molecular formula is C9H11N3OS. The van der Waals surface area contributed by atoms with Crippen molar-refractivity contribution >= 4 is 17.3 Å². The molecule has 0 bridgehead atoms. The first kappa shape index (κ1) is 9.48. The fourth-order valence-electron chi connectivity index (χ4n) is 1.15. The standard InChI is InChI=1S/C9H11N3OS/c1-7(6-13)14-9-8-2-3-11-12(8)5-4-10-9/h2-5,7,13H,6H2,1H3. The molecule has 0 aliphatic rings. The molecule has 1 N–H and O–H groups in total. The van der Waals surface area contributed by atoms with Gasteiger partial charge in [0, 0.05) is 17.6 Å². The van der Waals surface area contributed by atoms with E-state index in [1.807, 2.05) is 19.2 Å². The van der Waals surface area contributed by atoms with Crippen LogP contribution in [0.1, 0.15) is 6.92 Å². The summed E-state index contributed by atoms with van der Waals surface area (Å²) in [5.41, 5.74) is 0.984. The fraction of sp³-hybridized carbons (Fsp3) is 0.333. The summed E-state index contributed by atoms with van der Waals surface area (Å²) in [6.45, 7) is 2.12. The van der Waals surface area contributed by atoms with E-state index in [-0.39, 0.29) is 11.9 Å². The lowest BCUT2D eigenvalue weighted by molar-refractivity contribution is 0.300. The minimum atomic E-state index is 0.154. The predicted octanol–water partition coefficient (Wildman–Crippen LogP) is 1.20. The Morgan fingerprint density at radius 2 is 2.43 bits per heavy atom. The van der Waals surface area contributed by atoms with Crippen LogP contribution < -0.4 is 0 Å². The average molecular weight is 209 g/mol. The molecule has 0 radical (unpaired) electrons. The van der Waals surface area contributed by atoms with Crippen LogP contribution in [-0.4, -0.2) is 31.6 Å². The van der Waals surface area contributed by atoms with E-state index < -0.39 is 0 Å². The topological polar surface area (TPSA) is 50.4 Å². The van der Waals surface area contributed by atoms with Crippen LogP contribution in [0.5, 0.6) is 0 Å². The van der Waals surface area contributed by atoms with E-state index in [2.05, 4.69) is 10.1 Å². The number of hydrogen-bond donors (Lipinski definition) is 1. The lowest BCUT2D eigenvalue weighted by atomic mass is 10.5. The molecule has 74 valence electrons. The third kappa shape index (κ3) is 1.73. The molecule has 0 aliphatic carbocycles. The monoisotopic (exact) mass is 209 g/mol. The van der Waals surface area contributed by atoms with Crippen LogP contribution in [0.25, 0.3) is 5.52 Å². The number of thioether (sulfide) groups is 1. The van der Waals surface area contributed by atoms with Gasteiger partial charge >= 0.3 is 0 Å². The van der Waals surface area contributed by atoms with Gasteiger partial charge in [-0.05, 0) is 6.07 Å². The maximum absolute atomic E-state index is 8.95. The lowest BCUT2D eigenvalue weighted by Crippen LogP contribution is -2.03. The van der Waals surface area contributed by atoms with Gasteiger partial charge in [0.05, 0.1) is 18.3 Å². The zero-order chi connectivity index (χ0) is 9.97. The van der Waals surface area contributed by atoms with Crippen LogP contribution in [0.3, 0.4) is 0 Å². The van der Waals surface area contributed by atoms with E-state index in [1.165, 1.54) is 0 Å². The molecule has 2 rings (SSSR count). The van der Waals surface area contributed by atoms with E-state index in [9.17, 15) is 0 Å². The average Bonchev–Trinajstić information content (AvgIpc) is 2.66. The summed E-state index contributed by atoms with van der Waals surface area (Å²) in [5, 5.41) is 14.1. The Morgan fingerprint density at radius 3 is 3.21 bits per heavy atom. The predicted molar refractivity (Wildman–Crippen MR) is 55.4 cm³/mol. The highest BCUT2D eigenvalue weighted by molar-refractivity contribution is 8.00. The van der Waals surface area contributed by atoms with Crippen molar-refractivity contribution < 1.29 is 5.11 Å². The molecule has 2 aromatic rings. The molecule has 4 nitrogen and oxygen atoms in total. The Labute approximate surface area is 86.0 Å². The van der Waals surface area contributed by atoms with Crippen molar-refractivity contribution in [3.05, 3.63) is 24.7 Å². The van der Waals surface area contributed by atoms with Crippen LogP contribution in [0.15, 0.2) is 29.7 Å². The second-order valence-corrected chi connectivity index (χ2v) is 4.43. The van der Waals surface area contributed by atoms with Gasteiger partial charge in [-0.15, -0.1) is 0 Å². The minimum Gasteiger partial charge on any atom is -0.395 e. The van der Waals surface area contributed by atoms with Gasteiger partial charge in [0.1, 0.15) is 5.03 Å². The SMILES string of the molecule is CC(CO)Sc1nccn2nccc12. The molecule has 0 aliphatic heterocycles. The van der Waals surface area contributed by atoms with E-state index in [4.69, 9.17) is 5.11 Å². The second kappa shape index (κ2) is 3.98. The van der Waals surface area contributed by atoms with E-state index >= 15 is 0 Å². The number of aliphatic hydroxyl groups excluding tert-OH is 1. The van der Waals surface area contributed by atoms with Gasteiger partial charge in [0.2, 0.25) is 0 Å². The number of fused-ring (bicyclic) bond motifs is 1. The molecule has 0 spiro atoms. The molecule has 0 saturated heterocycles. The summed E-state index contributed by atoms with van der Waals surface area (Å²) in [4.78, 5) is 4.26. The fourth-order valence-corrected chi connectivity index (χ4v) is 2.01. The van der Waals surface area contributed by atoms with Crippen LogP contribution in [0.4, 0.5) is 0 Å². The highest BCUT2D eigenvalue weighted by Gasteiger charge is 2.08. The number of nitrogens with zero attached hydrogens (tertiary/aromatic N) is 3. The molecule has 1 unspecified atom stereocenters. The van der Waals surface area contributed by atoms with Gasteiger partial charge in [-0.1, -0.05) is 18.7 Å². The van der Waals surface area contributed by atoms with Crippen LogP contribution in [-0.2, 0) is 0 Å². The molecule has 14 heavy (non-hydrogen) atoms. The Hall–Kier alpha value is -1.07. The van der Waals surface area contributed by atoms with Gasteiger partial charge in [-0.3, -0.25) is 0 Å². The Bertz CT molecular complexity index is 429. The number of aromatic nitrogens is 3. The number of hydrogen-bond acceptors (Lipinski definition) is 4. The highest BCUT2D eigenvalue weighted by atomic mass is 32.2. The zero-order valence-corrected chi connectivity index (χ0v) is 8.61. The largest absolute Gasteiger partial charge is 0.395 e. The third-order valence-electron chi connectivity index (χ3n) is 1.86. The summed E-state index contributed by atoms with van der Waals surface area (Å²) in [6, 6.07) is 1.92. The molecule has 1 atom stereocenters. The smallest absolute Gasteiger partial charge is 0.122 e. The number of aliphatic hydroxyl groups is 1. The normalized spacial score (nSPS) is 13.3. The first-order valence-corrected chi connectivity index (χ1v) is 5.25. The minimum absolute atomic E-state index is 0.154. The van der Waals surface area contributed by atoms with Crippen molar-refractivity contribution in [1.82, 2.24) is 14.6 Å². The quantitative estimate of drug-likeness (QED) is 0.772. The molecule has 2 aromatic heterocycles. The van der Waals surface area contributed by atoms with Crippen molar-refractivity contribution in [2.45, 2.75) is 17.2 Å². The van der Waals surface area contributed by atoms with E-state index in [1.54, 1.807) is 28.7 Å². The van der Waals surface area contributed by atoms with Crippen LogP contribution >= 0.6 is 11.8 Å². The molecule has 5 heteroatoms. The number of rotatable bonds is 3. The zero-order valence-electron chi connectivity index (χ0n) is 7.79. The van der Waals surface area contributed by atoms with E-state index in [0.717, 1.165) is 10.5 Å². The molecule has 0 amide bonds. The van der Waals surface area contributed by atoms with E-state index in [0.29, 0.717) is 0 Å². The lowest BCUT2D eigenvalue weighted by Gasteiger charge is -2.07. The molecular weight excluding hydrogens is 198 g/mol. The van der Waals surface area contributed by atoms with Crippen molar-refractivity contribution in [3.8, 4) is 0 Å². The van der Waals surface area contributed by atoms with Crippen molar-refractivity contribution in [3.63, 3.8) is 0 Å². The van der Waals surface area contributed by atoms with Crippen molar-refractivity contribution in [2.75, 3.05) is 6.61 Å². The Morgan fingerprint density at radius 1 is 1.57 bits per heavy atom. The van der Waals surface area contributed by atoms with Gasteiger partial charge in [0.15, 0.2) is 0 Å². The van der Waals surface area contributed by atoms with Gasteiger partial charge in [-0.2, -0.15) is 5.10 Å². The van der Waals surface area contributed by atoms with Crippen LogP contribution in [0, 0.1) is 0 Å². The molecule has 2 heterocycles. The molecule has 0 fully saturated rings. The van der Waals surface area contributed by atoms with Gasteiger partial charge in [0.25, 0.3) is 0 Å². The third-order valence-corrected chi connectivity index (χ3v) is 2.95. The van der Waals surface area contributed by atoms with Crippen molar-refractivity contribution in [1.29, 1.82) is 0 Å². The highest BCUT2D eigenvalue weighted by Crippen LogP contribution is 2.24. The Balaban J connectivity index is 2.36. The maximum atomic E-state index is 8.95. The first-order valence-electron chi connectivity index (χ1n) is 4.37. The second-order valence-electron chi connectivity index (χ2n) is 3.00. The van der Waals surface area contributed by atoms with Crippen molar-refractivity contribution in [2.24, 2.45) is 0 Å². The summed E-state index contributed by atoms with van der Waals surface area (Å²) in [5.74, 6) is 0. The maximum Gasteiger partial charge on any atom is 0.122 e. The summed E-state index contributed by atoms with van der Waals surface area (Å²) < 4.78 is 1.78. The van der Waals surface area contributed by atoms with Gasteiger partial charge < -0.3 is 5.11 Å². The summed E-state index contributed by atoms with van der Waals surface area (Å²) in [7, 11) is 0. The molecule has 0 aromatic carbocycles. The summed E-state index contributed by atoms with van der Waals surface area (Å²) >= 11 is 1.56.